The number of tetrazole rings is 1. The first-order valence-corrected chi connectivity index (χ1v) is 8.65. The Morgan fingerprint density at radius 1 is 1.30 bits per heavy atom. The van der Waals surface area contributed by atoms with Crippen LogP contribution in [0.1, 0.15) is 24.6 Å². The molecular formula is C16H19N9O2. The highest BCUT2D eigenvalue weighted by Crippen LogP contribution is 2.26. The van der Waals surface area contributed by atoms with E-state index in [2.05, 4.69) is 25.7 Å². The van der Waals surface area contributed by atoms with E-state index in [1.165, 1.54) is 4.68 Å². The fourth-order valence-corrected chi connectivity index (χ4v) is 3.38. The summed E-state index contributed by atoms with van der Waals surface area (Å²) in [6, 6.07) is 9.33. The quantitative estimate of drug-likeness (QED) is 0.633. The van der Waals surface area contributed by atoms with E-state index in [-0.39, 0.29) is 30.0 Å². The third-order valence-electron chi connectivity index (χ3n) is 4.70. The van der Waals surface area contributed by atoms with Crippen LogP contribution in [-0.2, 0) is 11.3 Å². The summed E-state index contributed by atoms with van der Waals surface area (Å²) in [5.41, 5.74) is 6.08. The van der Waals surface area contributed by atoms with Crippen LogP contribution in [0.3, 0.4) is 0 Å². The van der Waals surface area contributed by atoms with Gasteiger partial charge < -0.3 is 10.6 Å². The van der Waals surface area contributed by atoms with Gasteiger partial charge in [-0.25, -0.2) is 19.1 Å². The van der Waals surface area contributed by atoms with Crippen molar-refractivity contribution in [3.8, 4) is 5.69 Å². The first kappa shape index (κ1) is 16.9. The number of carbonyl (C=O) groups is 1. The molecule has 11 heteroatoms. The smallest absolute Gasteiger partial charge is 0.347 e. The molecule has 0 radical (unpaired) electrons. The van der Waals surface area contributed by atoms with Crippen LogP contribution >= 0.6 is 0 Å². The Bertz CT molecular complexity index is 991. The maximum Gasteiger partial charge on any atom is 0.347 e. The molecule has 3 aromatic rings. The number of hydrogen-bond acceptors (Lipinski definition) is 7. The minimum atomic E-state index is -0.291. The normalized spacial score (nSPS) is 17.2. The Morgan fingerprint density at radius 3 is 2.85 bits per heavy atom. The van der Waals surface area contributed by atoms with Crippen molar-refractivity contribution in [1.82, 2.24) is 39.9 Å². The lowest BCUT2D eigenvalue weighted by Gasteiger charge is -2.32. The molecule has 0 spiro atoms. The van der Waals surface area contributed by atoms with Gasteiger partial charge in [0.25, 0.3) is 0 Å². The number of piperidine rings is 1. The predicted molar refractivity (Wildman–Crippen MR) is 95.0 cm³/mol. The number of nitrogens with two attached hydrogens (primary N) is 1. The van der Waals surface area contributed by atoms with E-state index >= 15 is 0 Å². The van der Waals surface area contributed by atoms with Crippen LogP contribution in [0.15, 0.2) is 35.1 Å². The Kier molecular flexibility index (Phi) is 4.40. The Labute approximate surface area is 153 Å². The molecule has 1 aromatic carbocycles. The number of rotatable bonds is 4. The zero-order valence-corrected chi connectivity index (χ0v) is 14.5. The highest BCUT2D eigenvalue weighted by atomic mass is 16.2. The molecule has 1 fully saturated rings. The highest BCUT2D eigenvalue weighted by molar-refractivity contribution is 5.76. The number of para-hydroxylation sites is 1. The SMILES string of the molecule is Nc1nnnn1CC(=O)N1CCC[C@H](c2n[nH]c(=O)n2-c2ccccc2)C1. The van der Waals surface area contributed by atoms with Crippen LogP contribution in [0.5, 0.6) is 0 Å². The number of aromatic amines is 1. The van der Waals surface area contributed by atoms with Gasteiger partial charge in [0.15, 0.2) is 0 Å². The second-order valence-corrected chi connectivity index (χ2v) is 6.43. The van der Waals surface area contributed by atoms with Gasteiger partial charge in [0.2, 0.25) is 11.9 Å². The summed E-state index contributed by atoms with van der Waals surface area (Å²) in [4.78, 5) is 26.6. The second kappa shape index (κ2) is 7.02. The van der Waals surface area contributed by atoms with Crippen molar-refractivity contribution in [2.24, 2.45) is 0 Å². The number of nitrogens with one attached hydrogen (secondary N) is 1. The molecule has 1 amide bonds. The summed E-state index contributed by atoms with van der Waals surface area (Å²) >= 11 is 0. The Morgan fingerprint density at radius 2 is 2.11 bits per heavy atom. The summed E-state index contributed by atoms with van der Waals surface area (Å²) in [5.74, 6) is 0.559. The Balaban J connectivity index is 1.55. The van der Waals surface area contributed by atoms with Crippen molar-refractivity contribution < 1.29 is 4.79 Å². The number of anilines is 1. The number of carbonyl (C=O) groups excluding carboxylic acids is 1. The average molecular weight is 369 g/mol. The zero-order valence-electron chi connectivity index (χ0n) is 14.5. The highest BCUT2D eigenvalue weighted by Gasteiger charge is 2.29. The van der Waals surface area contributed by atoms with Gasteiger partial charge in [-0.3, -0.25) is 4.79 Å². The molecule has 1 saturated heterocycles. The van der Waals surface area contributed by atoms with Crippen LogP contribution in [-0.4, -0.2) is 58.9 Å². The first-order chi connectivity index (χ1) is 13.1. The van der Waals surface area contributed by atoms with Gasteiger partial charge in [-0.1, -0.05) is 23.3 Å². The van der Waals surface area contributed by atoms with E-state index < -0.39 is 0 Å². The summed E-state index contributed by atoms with van der Waals surface area (Å²) in [6.45, 7) is 1.09. The number of hydrogen-bond donors (Lipinski definition) is 2. The molecule has 27 heavy (non-hydrogen) atoms. The summed E-state index contributed by atoms with van der Waals surface area (Å²) in [5, 5.41) is 17.5. The Hall–Kier alpha value is -3.50. The van der Waals surface area contributed by atoms with Crippen molar-refractivity contribution in [3.05, 3.63) is 46.6 Å². The van der Waals surface area contributed by atoms with Crippen molar-refractivity contribution >= 4 is 11.9 Å². The molecule has 1 aliphatic rings. The summed E-state index contributed by atoms with van der Waals surface area (Å²) < 4.78 is 2.83. The molecule has 3 N–H and O–H groups in total. The van der Waals surface area contributed by atoms with E-state index in [1.54, 1.807) is 9.47 Å². The van der Waals surface area contributed by atoms with Crippen LogP contribution < -0.4 is 11.4 Å². The van der Waals surface area contributed by atoms with E-state index in [4.69, 9.17) is 5.73 Å². The fraction of sp³-hybridized carbons (Fsp3) is 0.375. The number of nitrogen functional groups attached to an aromatic ring is 1. The van der Waals surface area contributed by atoms with E-state index in [0.29, 0.717) is 18.9 Å². The molecule has 0 bridgehead atoms. The minimum Gasteiger partial charge on any atom is -0.367 e. The van der Waals surface area contributed by atoms with Gasteiger partial charge in [0.1, 0.15) is 12.4 Å². The fourth-order valence-electron chi connectivity index (χ4n) is 3.38. The number of H-pyrrole nitrogens is 1. The molecule has 1 atom stereocenters. The zero-order chi connectivity index (χ0) is 18.8. The lowest BCUT2D eigenvalue weighted by atomic mass is 9.97. The van der Waals surface area contributed by atoms with Crippen LogP contribution in [0.4, 0.5) is 5.95 Å². The molecule has 0 aliphatic carbocycles. The van der Waals surface area contributed by atoms with Crippen LogP contribution in [0, 0.1) is 0 Å². The van der Waals surface area contributed by atoms with Gasteiger partial charge in [0, 0.05) is 19.0 Å². The van der Waals surface area contributed by atoms with Gasteiger partial charge >= 0.3 is 5.69 Å². The van der Waals surface area contributed by atoms with Gasteiger partial charge in [0.05, 0.1) is 5.69 Å². The van der Waals surface area contributed by atoms with E-state index in [1.807, 2.05) is 30.3 Å². The molecule has 3 heterocycles. The maximum absolute atomic E-state index is 12.6. The molecular weight excluding hydrogens is 350 g/mol. The topological polar surface area (TPSA) is 141 Å². The molecule has 2 aromatic heterocycles. The van der Waals surface area contributed by atoms with Gasteiger partial charge in [-0.15, -0.1) is 0 Å². The third-order valence-corrected chi connectivity index (χ3v) is 4.70. The summed E-state index contributed by atoms with van der Waals surface area (Å²) in [6.07, 6.45) is 1.66. The number of aromatic nitrogens is 7. The van der Waals surface area contributed by atoms with Crippen molar-refractivity contribution in [2.75, 3.05) is 18.8 Å². The molecule has 4 rings (SSSR count). The first-order valence-electron chi connectivity index (χ1n) is 8.65. The molecule has 1 aliphatic heterocycles. The van der Waals surface area contributed by atoms with Crippen molar-refractivity contribution in [3.63, 3.8) is 0 Å². The minimum absolute atomic E-state index is 0.0163. The largest absolute Gasteiger partial charge is 0.367 e. The van der Waals surface area contributed by atoms with E-state index in [9.17, 15) is 9.59 Å². The molecule has 0 saturated carbocycles. The van der Waals surface area contributed by atoms with Crippen molar-refractivity contribution in [1.29, 1.82) is 0 Å². The average Bonchev–Trinajstić information content (AvgIpc) is 3.28. The molecule has 11 nitrogen and oxygen atoms in total. The number of amides is 1. The number of benzene rings is 1. The second-order valence-electron chi connectivity index (χ2n) is 6.43. The third kappa shape index (κ3) is 3.30. The van der Waals surface area contributed by atoms with Crippen LogP contribution in [0.25, 0.3) is 5.69 Å². The standard InChI is InChI=1S/C16H19N9O2/c17-15-19-21-22-24(15)10-13(26)23-8-4-5-11(9-23)14-18-20-16(27)25(14)12-6-2-1-3-7-12/h1-3,6-7,11H,4-5,8-10H2,(H,20,27)(H2,17,19,22)/t11-/m0/s1. The predicted octanol–water partition coefficient (Wildman–Crippen LogP) is -0.464. The maximum atomic E-state index is 12.6. The van der Waals surface area contributed by atoms with Gasteiger partial charge in [-0.2, -0.15) is 5.10 Å². The van der Waals surface area contributed by atoms with Crippen LogP contribution in [0.2, 0.25) is 0 Å². The molecule has 140 valence electrons. The number of nitrogens with zero attached hydrogens (tertiary/aromatic N) is 7. The number of likely N-dealkylation sites (tertiary alicyclic amines) is 1. The van der Waals surface area contributed by atoms with Crippen molar-refractivity contribution in [2.45, 2.75) is 25.3 Å². The van der Waals surface area contributed by atoms with E-state index in [0.717, 1.165) is 18.5 Å². The lowest BCUT2D eigenvalue weighted by molar-refractivity contribution is -0.133. The lowest BCUT2D eigenvalue weighted by Crippen LogP contribution is -2.41. The van der Waals surface area contributed by atoms with Gasteiger partial charge in [-0.05, 0) is 35.4 Å². The molecule has 0 unspecified atom stereocenters. The monoisotopic (exact) mass is 369 g/mol. The summed E-state index contributed by atoms with van der Waals surface area (Å²) in [7, 11) is 0.